The number of nitrogens with zero attached hydrogens (tertiary/aromatic N) is 2. The Morgan fingerprint density at radius 1 is 1.04 bits per heavy atom. The van der Waals surface area contributed by atoms with Gasteiger partial charge in [0.2, 0.25) is 5.88 Å². The molecule has 0 aliphatic carbocycles. The van der Waals surface area contributed by atoms with Gasteiger partial charge in [-0.15, -0.1) is 10.2 Å². The molecule has 7 nitrogen and oxygen atoms in total. The van der Waals surface area contributed by atoms with Crippen molar-refractivity contribution in [3.8, 4) is 17.3 Å². The zero-order valence-electron chi connectivity index (χ0n) is 12.8. The molecule has 2 heterocycles. The fraction of sp³-hybridized carbons (Fsp3) is 0.118. The van der Waals surface area contributed by atoms with Gasteiger partial charge in [-0.2, -0.15) is 0 Å². The molecule has 0 radical (unpaired) electrons. The van der Waals surface area contributed by atoms with E-state index in [0.29, 0.717) is 23.9 Å². The number of anilines is 1. The Bertz CT molecular complexity index is 758. The lowest BCUT2D eigenvalue weighted by atomic mass is 10.3. The number of benzene rings is 1. The van der Waals surface area contributed by atoms with Crippen LogP contribution < -0.4 is 15.4 Å². The summed E-state index contributed by atoms with van der Waals surface area (Å²) < 4.78 is 10.7. The third-order valence-corrected chi connectivity index (χ3v) is 3.08. The Balaban J connectivity index is 1.39. The second-order valence-electron chi connectivity index (χ2n) is 4.83. The number of aromatic nitrogens is 2. The van der Waals surface area contributed by atoms with E-state index < -0.39 is 0 Å². The largest absolute Gasteiger partial charge is 0.475 e. The predicted molar refractivity (Wildman–Crippen MR) is 88.7 cm³/mol. The maximum atomic E-state index is 11.7. The van der Waals surface area contributed by atoms with Gasteiger partial charge in [0.05, 0.1) is 12.8 Å². The topological polar surface area (TPSA) is 89.3 Å². The lowest BCUT2D eigenvalue weighted by molar-refractivity contribution is 0.246. The minimum absolute atomic E-state index is 0.288. The quantitative estimate of drug-likeness (QED) is 0.681. The third kappa shape index (κ3) is 4.33. The molecule has 2 aromatic heterocycles. The normalized spacial score (nSPS) is 10.2. The highest BCUT2D eigenvalue weighted by Crippen LogP contribution is 2.17. The van der Waals surface area contributed by atoms with Gasteiger partial charge in [-0.25, -0.2) is 4.79 Å². The molecule has 2 N–H and O–H groups in total. The molecule has 0 aliphatic heterocycles. The van der Waals surface area contributed by atoms with Gasteiger partial charge in [0, 0.05) is 11.8 Å². The smallest absolute Gasteiger partial charge is 0.319 e. The van der Waals surface area contributed by atoms with Crippen LogP contribution in [-0.4, -0.2) is 29.4 Å². The number of furan rings is 1. The van der Waals surface area contributed by atoms with Gasteiger partial charge < -0.3 is 19.8 Å². The highest BCUT2D eigenvalue weighted by Gasteiger charge is 2.04. The lowest BCUT2D eigenvalue weighted by Crippen LogP contribution is -2.32. The first-order valence-electron chi connectivity index (χ1n) is 7.41. The number of nitrogens with one attached hydrogen (secondary N) is 2. The average molecular weight is 324 g/mol. The van der Waals surface area contributed by atoms with E-state index >= 15 is 0 Å². The Morgan fingerprint density at radius 3 is 2.62 bits per heavy atom. The van der Waals surface area contributed by atoms with Crippen LogP contribution in [0.3, 0.4) is 0 Å². The van der Waals surface area contributed by atoms with E-state index in [9.17, 15) is 4.79 Å². The van der Waals surface area contributed by atoms with E-state index in [1.165, 1.54) is 0 Å². The first-order chi connectivity index (χ1) is 11.8. The van der Waals surface area contributed by atoms with Gasteiger partial charge in [0.25, 0.3) is 0 Å². The summed E-state index contributed by atoms with van der Waals surface area (Å²) in [6.07, 6.45) is 1.58. The van der Waals surface area contributed by atoms with Crippen LogP contribution in [0.5, 0.6) is 5.88 Å². The average Bonchev–Trinajstić information content (AvgIpc) is 3.15. The highest BCUT2D eigenvalue weighted by atomic mass is 16.5. The van der Waals surface area contributed by atoms with Crippen LogP contribution in [0, 0.1) is 0 Å². The predicted octanol–water partition coefficient (Wildman–Crippen LogP) is 2.94. The summed E-state index contributed by atoms with van der Waals surface area (Å²) in [5.41, 5.74) is 1.36. The van der Waals surface area contributed by atoms with Crippen molar-refractivity contribution < 1.29 is 13.9 Å². The van der Waals surface area contributed by atoms with E-state index in [4.69, 9.17) is 9.15 Å². The first kappa shape index (κ1) is 15.5. The van der Waals surface area contributed by atoms with Crippen molar-refractivity contribution in [1.29, 1.82) is 0 Å². The van der Waals surface area contributed by atoms with E-state index in [0.717, 1.165) is 5.69 Å². The summed E-state index contributed by atoms with van der Waals surface area (Å²) in [5.74, 6) is 1.03. The van der Waals surface area contributed by atoms with E-state index in [2.05, 4.69) is 20.8 Å². The van der Waals surface area contributed by atoms with Crippen molar-refractivity contribution in [1.82, 2.24) is 15.5 Å². The van der Waals surface area contributed by atoms with Gasteiger partial charge in [-0.05, 0) is 30.3 Å². The molecule has 0 atom stereocenters. The molecule has 0 aliphatic rings. The zero-order chi connectivity index (χ0) is 16.6. The van der Waals surface area contributed by atoms with Crippen LogP contribution in [0.1, 0.15) is 0 Å². The van der Waals surface area contributed by atoms with Gasteiger partial charge in [-0.3, -0.25) is 0 Å². The molecule has 3 rings (SSSR count). The summed E-state index contributed by atoms with van der Waals surface area (Å²) in [4.78, 5) is 11.7. The van der Waals surface area contributed by atoms with Crippen molar-refractivity contribution in [3.05, 3.63) is 60.9 Å². The van der Waals surface area contributed by atoms with Crippen LogP contribution in [0.2, 0.25) is 0 Å². The van der Waals surface area contributed by atoms with Crippen molar-refractivity contribution in [2.45, 2.75) is 0 Å². The van der Waals surface area contributed by atoms with Gasteiger partial charge in [0.15, 0.2) is 5.76 Å². The molecule has 0 saturated heterocycles. The number of carbonyl (C=O) groups excluding carboxylic acids is 1. The van der Waals surface area contributed by atoms with Crippen molar-refractivity contribution in [2.75, 3.05) is 18.5 Å². The number of para-hydroxylation sites is 1. The Labute approximate surface area is 138 Å². The molecule has 0 fully saturated rings. The molecular weight excluding hydrogens is 308 g/mol. The SMILES string of the molecule is O=C(NCCOc1ccc(-c2ccco2)nn1)Nc1ccccc1. The van der Waals surface area contributed by atoms with Gasteiger partial charge in [0.1, 0.15) is 12.3 Å². The van der Waals surface area contributed by atoms with Crippen molar-refractivity contribution in [2.24, 2.45) is 0 Å². The molecule has 7 heteroatoms. The number of hydrogen-bond donors (Lipinski definition) is 2. The van der Waals surface area contributed by atoms with E-state index in [-0.39, 0.29) is 12.6 Å². The molecular formula is C17H16N4O3. The third-order valence-electron chi connectivity index (χ3n) is 3.08. The maximum Gasteiger partial charge on any atom is 0.319 e. The highest BCUT2D eigenvalue weighted by molar-refractivity contribution is 5.89. The lowest BCUT2D eigenvalue weighted by Gasteiger charge is -2.08. The fourth-order valence-corrected chi connectivity index (χ4v) is 1.97. The number of rotatable bonds is 6. The number of hydrogen-bond acceptors (Lipinski definition) is 5. The van der Waals surface area contributed by atoms with Gasteiger partial charge in [-0.1, -0.05) is 18.2 Å². The van der Waals surface area contributed by atoms with Crippen LogP contribution in [0.25, 0.3) is 11.5 Å². The molecule has 24 heavy (non-hydrogen) atoms. The molecule has 0 saturated carbocycles. The standard InChI is InChI=1S/C17H16N4O3/c22-17(19-13-5-2-1-3-6-13)18-10-12-24-16-9-8-14(20-21-16)15-7-4-11-23-15/h1-9,11H,10,12H2,(H2,18,19,22). The molecule has 0 spiro atoms. The summed E-state index contributed by atoms with van der Waals surface area (Å²) in [6, 6.07) is 16.0. The molecule has 3 aromatic rings. The van der Waals surface area contributed by atoms with Gasteiger partial charge >= 0.3 is 6.03 Å². The van der Waals surface area contributed by atoms with Crippen LogP contribution in [-0.2, 0) is 0 Å². The summed E-state index contributed by atoms with van der Waals surface area (Å²) >= 11 is 0. The Kier molecular flexibility index (Phi) is 5.03. The minimum atomic E-state index is -0.288. The number of urea groups is 1. The second-order valence-corrected chi connectivity index (χ2v) is 4.83. The van der Waals surface area contributed by atoms with Crippen LogP contribution in [0.4, 0.5) is 10.5 Å². The summed E-state index contributed by atoms with van der Waals surface area (Å²) in [5, 5.41) is 13.4. The summed E-state index contributed by atoms with van der Waals surface area (Å²) in [6.45, 7) is 0.636. The Hall–Kier alpha value is -3.35. The molecule has 122 valence electrons. The number of ether oxygens (including phenoxy) is 1. The summed E-state index contributed by atoms with van der Waals surface area (Å²) in [7, 11) is 0. The second kappa shape index (κ2) is 7.77. The van der Waals surface area contributed by atoms with E-state index in [1.807, 2.05) is 30.3 Å². The maximum absolute atomic E-state index is 11.7. The fourth-order valence-electron chi connectivity index (χ4n) is 1.97. The minimum Gasteiger partial charge on any atom is -0.475 e. The molecule has 0 bridgehead atoms. The first-order valence-corrected chi connectivity index (χ1v) is 7.41. The van der Waals surface area contributed by atoms with Crippen molar-refractivity contribution >= 4 is 11.7 Å². The number of carbonyl (C=O) groups is 1. The molecule has 2 amide bonds. The van der Waals surface area contributed by atoms with Crippen molar-refractivity contribution in [3.63, 3.8) is 0 Å². The van der Waals surface area contributed by atoms with E-state index in [1.54, 1.807) is 30.5 Å². The monoisotopic (exact) mass is 324 g/mol. The number of amides is 2. The molecule has 1 aromatic carbocycles. The zero-order valence-corrected chi connectivity index (χ0v) is 12.8. The van der Waals surface area contributed by atoms with Crippen LogP contribution in [0.15, 0.2) is 65.3 Å². The Morgan fingerprint density at radius 2 is 1.92 bits per heavy atom. The van der Waals surface area contributed by atoms with Crippen LogP contribution >= 0.6 is 0 Å². The molecule has 0 unspecified atom stereocenters.